The monoisotopic (exact) mass is 187 g/mol. The molecule has 11 heavy (non-hydrogen) atoms. The molecule has 0 amide bonds. The van der Waals surface area contributed by atoms with Gasteiger partial charge in [-0.25, -0.2) is 0 Å². The van der Waals surface area contributed by atoms with E-state index in [4.69, 9.17) is 0 Å². The van der Waals surface area contributed by atoms with Crippen LogP contribution in [0.1, 0.15) is 6.42 Å². The molecule has 2 fully saturated rings. The van der Waals surface area contributed by atoms with E-state index in [9.17, 15) is 13.2 Å². The summed E-state index contributed by atoms with van der Waals surface area (Å²) in [5, 5.41) is 2.83. The van der Waals surface area contributed by atoms with Crippen LogP contribution in [0.25, 0.3) is 0 Å². The highest BCUT2D eigenvalue weighted by atomic mass is 35.5. The highest BCUT2D eigenvalue weighted by Crippen LogP contribution is 2.54. The molecule has 2 aliphatic rings. The van der Waals surface area contributed by atoms with Gasteiger partial charge in [0.05, 0.1) is 5.92 Å². The van der Waals surface area contributed by atoms with Crippen molar-refractivity contribution in [3.05, 3.63) is 0 Å². The van der Waals surface area contributed by atoms with Crippen molar-refractivity contribution in [2.75, 3.05) is 6.54 Å². The average Bonchev–Trinajstić information content (AvgIpc) is 2.30. The second-order valence-corrected chi connectivity index (χ2v) is 3.00. The van der Waals surface area contributed by atoms with Crippen molar-refractivity contribution in [3.8, 4) is 0 Å². The molecule has 2 rings (SSSR count). The highest BCUT2D eigenvalue weighted by Gasteiger charge is 2.65. The number of hydrogen-bond acceptors (Lipinski definition) is 1. The fourth-order valence-electron chi connectivity index (χ4n) is 1.87. The van der Waals surface area contributed by atoms with Gasteiger partial charge in [-0.2, -0.15) is 13.2 Å². The molecule has 1 nitrogen and oxygen atoms in total. The second-order valence-electron chi connectivity index (χ2n) is 3.00. The number of alkyl halides is 3. The number of hydrogen-bond donors (Lipinski definition) is 1. The first-order valence-corrected chi connectivity index (χ1v) is 3.41. The summed E-state index contributed by atoms with van der Waals surface area (Å²) < 4.78 is 35.8. The maximum atomic E-state index is 11.9. The fourth-order valence-corrected chi connectivity index (χ4v) is 1.87. The molecule has 1 N–H and O–H groups in total. The van der Waals surface area contributed by atoms with Gasteiger partial charge >= 0.3 is 6.18 Å². The quantitative estimate of drug-likeness (QED) is 0.607. The molecule has 0 aromatic carbocycles. The maximum Gasteiger partial charge on any atom is 0.393 e. The molecule has 0 aromatic rings. The summed E-state index contributed by atoms with van der Waals surface area (Å²) in [6.45, 7) is 0.766. The molecular weight excluding hydrogens is 179 g/mol. The minimum absolute atomic E-state index is 0. The Morgan fingerprint density at radius 1 is 1.27 bits per heavy atom. The zero-order valence-electron chi connectivity index (χ0n) is 5.69. The Balaban J connectivity index is 0.000000605. The van der Waals surface area contributed by atoms with E-state index in [-0.39, 0.29) is 24.4 Å². The van der Waals surface area contributed by atoms with Gasteiger partial charge in [0.15, 0.2) is 0 Å². The summed E-state index contributed by atoms with van der Waals surface area (Å²) >= 11 is 0. The van der Waals surface area contributed by atoms with Gasteiger partial charge in [0, 0.05) is 6.04 Å². The molecule has 3 atom stereocenters. The molecule has 1 aliphatic heterocycles. The Morgan fingerprint density at radius 2 is 1.91 bits per heavy atom. The molecule has 0 spiro atoms. The Morgan fingerprint density at radius 3 is 2.18 bits per heavy atom. The predicted molar refractivity (Wildman–Crippen MR) is 36.7 cm³/mol. The summed E-state index contributed by atoms with van der Waals surface area (Å²) in [5.74, 6) is -1.12. The molecular formula is C6H9ClF3N. The first kappa shape index (κ1) is 9.13. The maximum absolute atomic E-state index is 11.9. The van der Waals surface area contributed by atoms with Crippen LogP contribution in [0.3, 0.4) is 0 Å². The minimum Gasteiger partial charge on any atom is -0.313 e. The van der Waals surface area contributed by atoms with Crippen LogP contribution in [0, 0.1) is 11.8 Å². The van der Waals surface area contributed by atoms with E-state index >= 15 is 0 Å². The lowest BCUT2D eigenvalue weighted by molar-refractivity contribution is -0.153. The lowest BCUT2D eigenvalue weighted by Gasteiger charge is -2.07. The van der Waals surface area contributed by atoms with Crippen LogP contribution >= 0.6 is 12.4 Å². The molecule has 0 unspecified atom stereocenters. The largest absolute Gasteiger partial charge is 0.393 e. The van der Waals surface area contributed by atoms with Crippen LogP contribution in [0.15, 0.2) is 0 Å². The summed E-state index contributed by atoms with van der Waals surface area (Å²) in [7, 11) is 0. The SMILES string of the molecule is Cl.FC(F)(F)[C@@H]1[C@H]2CCN[C@H]21. The van der Waals surface area contributed by atoms with E-state index in [0.717, 1.165) is 6.54 Å². The van der Waals surface area contributed by atoms with E-state index in [2.05, 4.69) is 5.32 Å². The Hall–Kier alpha value is 0.0400. The van der Waals surface area contributed by atoms with Gasteiger partial charge in [-0.3, -0.25) is 0 Å². The van der Waals surface area contributed by atoms with Crippen molar-refractivity contribution in [3.63, 3.8) is 0 Å². The third kappa shape index (κ3) is 1.34. The summed E-state index contributed by atoms with van der Waals surface area (Å²) in [5.41, 5.74) is 0. The number of nitrogens with one attached hydrogen (secondary N) is 1. The zero-order chi connectivity index (χ0) is 7.35. The van der Waals surface area contributed by atoms with Gasteiger partial charge in [-0.15, -0.1) is 12.4 Å². The van der Waals surface area contributed by atoms with Gasteiger partial charge in [0.1, 0.15) is 0 Å². The van der Waals surface area contributed by atoms with Gasteiger partial charge < -0.3 is 5.32 Å². The first-order chi connectivity index (χ1) is 4.61. The van der Waals surface area contributed by atoms with E-state index < -0.39 is 12.1 Å². The van der Waals surface area contributed by atoms with Crippen molar-refractivity contribution >= 4 is 12.4 Å². The van der Waals surface area contributed by atoms with Crippen LogP contribution in [-0.2, 0) is 0 Å². The molecule has 1 saturated heterocycles. The third-order valence-corrected chi connectivity index (χ3v) is 2.40. The fraction of sp³-hybridized carbons (Fsp3) is 1.00. The Bertz CT molecular complexity index is 148. The summed E-state index contributed by atoms with van der Waals surface area (Å²) in [4.78, 5) is 0. The molecule has 1 saturated carbocycles. The van der Waals surface area contributed by atoms with Gasteiger partial charge in [0.2, 0.25) is 0 Å². The van der Waals surface area contributed by atoms with Gasteiger partial charge in [-0.1, -0.05) is 0 Å². The van der Waals surface area contributed by atoms with E-state index in [1.807, 2.05) is 0 Å². The molecule has 1 heterocycles. The number of halogens is 4. The molecule has 1 aliphatic carbocycles. The number of fused-ring (bicyclic) bond motifs is 1. The van der Waals surface area contributed by atoms with Crippen molar-refractivity contribution < 1.29 is 13.2 Å². The smallest absolute Gasteiger partial charge is 0.313 e. The highest BCUT2D eigenvalue weighted by molar-refractivity contribution is 5.85. The lowest BCUT2D eigenvalue weighted by atomic mass is 10.2. The molecule has 5 heteroatoms. The second kappa shape index (κ2) is 2.52. The van der Waals surface area contributed by atoms with Crippen molar-refractivity contribution in [2.45, 2.75) is 18.6 Å². The Kier molecular flexibility index (Phi) is 2.09. The zero-order valence-corrected chi connectivity index (χ0v) is 6.50. The third-order valence-electron chi connectivity index (χ3n) is 2.40. The molecule has 0 radical (unpaired) electrons. The Labute approximate surface area is 68.8 Å². The van der Waals surface area contributed by atoms with Crippen molar-refractivity contribution in [1.82, 2.24) is 5.32 Å². The topological polar surface area (TPSA) is 12.0 Å². The molecule has 0 bridgehead atoms. The van der Waals surface area contributed by atoms with Crippen LogP contribution in [-0.4, -0.2) is 18.8 Å². The van der Waals surface area contributed by atoms with Crippen molar-refractivity contribution in [1.29, 1.82) is 0 Å². The summed E-state index contributed by atoms with van der Waals surface area (Å²) in [6.07, 6.45) is -3.25. The van der Waals surface area contributed by atoms with E-state index in [1.54, 1.807) is 0 Å². The standard InChI is InChI=1S/C6H8F3N.ClH/c7-6(8,9)4-3-1-2-10-5(3)4;/h3-5,10H,1-2H2;1H/t3-,4-,5-;/m1./s1. The van der Waals surface area contributed by atoms with Gasteiger partial charge in [0.25, 0.3) is 0 Å². The molecule has 66 valence electrons. The predicted octanol–water partition coefficient (Wildman–Crippen LogP) is 1.58. The van der Waals surface area contributed by atoms with E-state index in [1.165, 1.54) is 0 Å². The van der Waals surface area contributed by atoms with Crippen LogP contribution in [0.4, 0.5) is 13.2 Å². The summed E-state index contributed by atoms with van der Waals surface area (Å²) in [6, 6.07) is -0.236. The minimum atomic E-state index is -3.96. The lowest BCUT2D eigenvalue weighted by Crippen LogP contribution is -2.24. The van der Waals surface area contributed by atoms with Crippen molar-refractivity contribution in [2.24, 2.45) is 11.8 Å². The van der Waals surface area contributed by atoms with Crippen LogP contribution < -0.4 is 5.32 Å². The number of piperidine rings is 1. The first-order valence-electron chi connectivity index (χ1n) is 3.41. The van der Waals surface area contributed by atoms with Crippen LogP contribution in [0.2, 0.25) is 0 Å². The molecule has 0 aromatic heterocycles. The van der Waals surface area contributed by atoms with Gasteiger partial charge in [-0.05, 0) is 18.9 Å². The van der Waals surface area contributed by atoms with Crippen LogP contribution in [0.5, 0.6) is 0 Å². The van der Waals surface area contributed by atoms with E-state index in [0.29, 0.717) is 6.42 Å². The average molecular weight is 188 g/mol. The normalized spacial score (nSPS) is 41.2. The number of rotatable bonds is 0.